The molecule has 3 aromatic carbocycles. The molecule has 3 aromatic rings. The van der Waals surface area contributed by atoms with Crippen LogP contribution < -0.4 is 11.1 Å². The van der Waals surface area contributed by atoms with E-state index in [0.717, 1.165) is 28.3 Å². The summed E-state index contributed by atoms with van der Waals surface area (Å²) in [6, 6.07) is 18.0. The normalized spacial score (nSPS) is 12.1. The quantitative estimate of drug-likeness (QED) is 0.736. The van der Waals surface area contributed by atoms with Crippen LogP contribution in [0.4, 0.5) is 4.39 Å². The van der Waals surface area contributed by atoms with Crippen LogP contribution in [0.15, 0.2) is 60.7 Å². The highest BCUT2D eigenvalue weighted by atomic mass is 19.1. The van der Waals surface area contributed by atoms with E-state index in [0.29, 0.717) is 12.1 Å². The van der Waals surface area contributed by atoms with Crippen molar-refractivity contribution in [1.29, 1.82) is 0 Å². The number of carbonyl (C=O) groups excluding carboxylic acids is 1. The van der Waals surface area contributed by atoms with Crippen LogP contribution in [-0.2, 0) is 0 Å². The van der Waals surface area contributed by atoms with Gasteiger partial charge < -0.3 is 11.1 Å². The summed E-state index contributed by atoms with van der Waals surface area (Å²) in [5, 5.41) is 4.96. The van der Waals surface area contributed by atoms with Crippen LogP contribution >= 0.6 is 0 Å². The van der Waals surface area contributed by atoms with Crippen LogP contribution in [0, 0.1) is 5.82 Å². The third-order valence-electron chi connectivity index (χ3n) is 4.28. The van der Waals surface area contributed by atoms with Crippen molar-refractivity contribution in [2.45, 2.75) is 19.4 Å². The van der Waals surface area contributed by atoms with Gasteiger partial charge in [0.25, 0.3) is 5.91 Å². The van der Waals surface area contributed by atoms with Gasteiger partial charge in [-0.3, -0.25) is 4.79 Å². The van der Waals surface area contributed by atoms with Gasteiger partial charge in [0.05, 0.1) is 0 Å². The second kappa shape index (κ2) is 7.45. The summed E-state index contributed by atoms with van der Waals surface area (Å²) in [7, 11) is 0. The van der Waals surface area contributed by atoms with Gasteiger partial charge in [-0.2, -0.15) is 0 Å². The maximum Gasteiger partial charge on any atom is 0.251 e. The van der Waals surface area contributed by atoms with Gasteiger partial charge in [0.15, 0.2) is 0 Å². The molecule has 0 bridgehead atoms. The van der Waals surface area contributed by atoms with E-state index < -0.39 is 0 Å². The minimum Gasteiger partial charge on any atom is -0.350 e. The first-order valence-corrected chi connectivity index (χ1v) is 8.38. The number of amides is 1. The van der Waals surface area contributed by atoms with Gasteiger partial charge in [0, 0.05) is 11.6 Å². The van der Waals surface area contributed by atoms with E-state index in [9.17, 15) is 9.18 Å². The molecule has 0 aliphatic heterocycles. The Kier molecular flexibility index (Phi) is 5.10. The molecular weight excluding hydrogens is 315 g/mol. The molecule has 1 unspecified atom stereocenters. The fourth-order valence-electron chi connectivity index (χ4n) is 2.94. The zero-order valence-corrected chi connectivity index (χ0v) is 14.1. The molecule has 3 N–H and O–H groups in total. The van der Waals surface area contributed by atoms with Crippen molar-refractivity contribution in [1.82, 2.24) is 5.32 Å². The summed E-state index contributed by atoms with van der Waals surface area (Å²) in [5.41, 5.74) is 8.10. The molecule has 0 aliphatic carbocycles. The maximum absolute atomic E-state index is 13.2. The largest absolute Gasteiger partial charge is 0.350 e. The summed E-state index contributed by atoms with van der Waals surface area (Å²) in [5.74, 6) is -0.357. The molecule has 3 nitrogen and oxygen atoms in total. The monoisotopic (exact) mass is 336 g/mol. The van der Waals surface area contributed by atoms with Gasteiger partial charge in [0.1, 0.15) is 5.82 Å². The molecule has 0 saturated carbocycles. The maximum atomic E-state index is 13.2. The lowest BCUT2D eigenvalue weighted by Gasteiger charge is -2.13. The van der Waals surface area contributed by atoms with Crippen LogP contribution in [0.25, 0.3) is 21.9 Å². The molecule has 0 heterocycles. The molecule has 0 radical (unpaired) electrons. The molecule has 3 rings (SSSR count). The molecule has 0 aliphatic rings. The van der Waals surface area contributed by atoms with Crippen molar-refractivity contribution >= 4 is 16.7 Å². The highest BCUT2D eigenvalue weighted by molar-refractivity contribution is 6.02. The lowest BCUT2D eigenvalue weighted by molar-refractivity contribution is 0.0939. The Morgan fingerprint density at radius 1 is 1.12 bits per heavy atom. The number of nitrogens with two attached hydrogens (primary N) is 1. The Balaban J connectivity index is 1.94. The van der Waals surface area contributed by atoms with Crippen LogP contribution in [0.3, 0.4) is 0 Å². The van der Waals surface area contributed by atoms with Gasteiger partial charge in [0.2, 0.25) is 0 Å². The first-order chi connectivity index (χ1) is 12.1. The molecule has 1 amide bonds. The Hall–Kier alpha value is -2.72. The second-order valence-electron chi connectivity index (χ2n) is 6.20. The van der Waals surface area contributed by atoms with Crippen molar-refractivity contribution < 1.29 is 9.18 Å². The molecule has 1 atom stereocenters. The summed E-state index contributed by atoms with van der Waals surface area (Å²) in [6.45, 7) is 2.48. The first kappa shape index (κ1) is 17.1. The van der Waals surface area contributed by atoms with Gasteiger partial charge >= 0.3 is 0 Å². The Morgan fingerprint density at radius 2 is 1.88 bits per heavy atom. The van der Waals surface area contributed by atoms with Crippen LogP contribution in [0.1, 0.15) is 23.7 Å². The molecule has 4 heteroatoms. The van der Waals surface area contributed by atoms with Crippen molar-refractivity contribution in [3.8, 4) is 11.1 Å². The summed E-state index contributed by atoms with van der Waals surface area (Å²) < 4.78 is 13.2. The minimum absolute atomic E-state index is 0.0405. The fourth-order valence-corrected chi connectivity index (χ4v) is 2.94. The molecule has 128 valence electrons. The number of carbonyl (C=O) groups is 1. The molecule has 0 fully saturated rings. The van der Waals surface area contributed by atoms with Crippen LogP contribution in [-0.4, -0.2) is 18.5 Å². The summed E-state index contributed by atoms with van der Waals surface area (Å²) in [6.07, 6.45) is 0.744. The van der Waals surface area contributed by atoms with Gasteiger partial charge in [-0.15, -0.1) is 0 Å². The highest BCUT2D eigenvalue weighted by Gasteiger charge is 2.11. The molecule has 25 heavy (non-hydrogen) atoms. The van der Waals surface area contributed by atoms with Gasteiger partial charge in [-0.25, -0.2) is 4.39 Å². The lowest BCUT2D eigenvalue weighted by Crippen LogP contribution is -2.34. The topological polar surface area (TPSA) is 55.1 Å². The number of hydrogen-bond donors (Lipinski definition) is 2. The number of fused-ring (bicyclic) bond motifs is 1. The predicted octanol–water partition coefficient (Wildman–Crippen LogP) is 4.11. The molecular formula is C21H21FN2O. The predicted molar refractivity (Wildman–Crippen MR) is 99.9 cm³/mol. The van der Waals surface area contributed by atoms with E-state index in [4.69, 9.17) is 5.73 Å². The standard InChI is InChI=1S/C21H21FN2O/c1-14(11-12-23)24-21(25)17-7-10-20-16(13-17)3-2-4-19(20)15-5-8-18(22)9-6-15/h2-10,13-14H,11-12,23H2,1H3,(H,24,25). The number of hydrogen-bond acceptors (Lipinski definition) is 2. The number of benzene rings is 3. The van der Waals surface area contributed by atoms with E-state index >= 15 is 0 Å². The first-order valence-electron chi connectivity index (χ1n) is 8.38. The SMILES string of the molecule is CC(CCN)NC(=O)c1ccc2c(-c3ccc(F)cc3)cccc2c1. The summed E-state index contributed by atoms with van der Waals surface area (Å²) >= 11 is 0. The lowest BCUT2D eigenvalue weighted by atomic mass is 9.97. The van der Waals surface area contributed by atoms with Crippen LogP contribution in [0.5, 0.6) is 0 Å². The van der Waals surface area contributed by atoms with E-state index in [2.05, 4.69) is 5.32 Å². The van der Waals surface area contributed by atoms with Crippen LogP contribution in [0.2, 0.25) is 0 Å². The third-order valence-corrected chi connectivity index (χ3v) is 4.28. The Bertz CT molecular complexity index is 890. The number of nitrogens with one attached hydrogen (secondary N) is 1. The van der Waals surface area contributed by atoms with E-state index in [1.807, 2.05) is 43.3 Å². The Labute approximate surface area is 146 Å². The van der Waals surface area contributed by atoms with E-state index in [1.165, 1.54) is 12.1 Å². The average molecular weight is 336 g/mol. The zero-order valence-electron chi connectivity index (χ0n) is 14.1. The third kappa shape index (κ3) is 3.86. The number of rotatable bonds is 5. The molecule has 0 saturated heterocycles. The Morgan fingerprint density at radius 3 is 2.60 bits per heavy atom. The fraction of sp³-hybridized carbons (Fsp3) is 0.190. The minimum atomic E-state index is -0.255. The van der Waals surface area contributed by atoms with Crippen molar-refractivity contribution in [2.75, 3.05) is 6.54 Å². The second-order valence-corrected chi connectivity index (χ2v) is 6.20. The van der Waals surface area contributed by atoms with Crippen molar-refractivity contribution in [3.63, 3.8) is 0 Å². The zero-order chi connectivity index (χ0) is 17.8. The average Bonchev–Trinajstić information content (AvgIpc) is 2.61. The highest BCUT2D eigenvalue weighted by Crippen LogP contribution is 2.29. The molecule has 0 spiro atoms. The van der Waals surface area contributed by atoms with Crippen molar-refractivity contribution in [2.24, 2.45) is 5.73 Å². The van der Waals surface area contributed by atoms with Crippen molar-refractivity contribution in [3.05, 3.63) is 72.0 Å². The van der Waals surface area contributed by atoms with Gasteiger partial charge in [-0.1, -0.05) is 36.4 Å². The summed E-state index contributed by atoms with van der Waals surface area (Å²) in [4.78, 5) is 12.4. The smallest absolute Gasteiger partial charge is 0.251 e. The van der Waals surface area contributed by atoms with E-state index in [1.54, 1.807) is 12.1 Å². The van der Waals surface area contributed by atoms with Gasteiger partial charge in [-0.05, 0) is 66.1 Å². The number of halogens is 1. The molecule has 0 aromatic heterocycles. The van der Waals surface area contributed by atoms with E-state index in [-0.39, 0.29) is 17.8 Å².